The summed E-state index contributed by atoms with van der Waals surface area (Å²) in [5.41, 5.74) is 0. The molecule has 0 radical (unpaired) electrons. The zero-order valence-electron chi connectivity index (χ0n) is 13.7. The van der Waals surface area contributed by atoms with E-state index in [0.29, 0.717) is 11.8 Å². The summed E-state index contributed by atoms with van der Waals surface area (Å²) in [6.07, 6.45) is 5.76. The highest BCUT2D eigenvalue weighted by atomic mass is 16.5. The minimum atomic E-state index is 0.560. The first-order valence-electron chi connectivity index (χ1n) is 8.01. The molecule has 122 valence electrons. The van der Waals surface area contributed by atoms with Crippen LogP contribution < -0.4 is 14.5 Å². The molecule has 0 saturated carbocycles. The number of rotatable bonds is 5. The van der Waals surface area contributed by atoms with Gasteiger partial charge in [0, 0.05) is 45.6 Å². The molecule has 2 aromatic rings. The predicted molar refractivity (Wildman–Crippen MR) is 91.0 cm³/mol. The SMILES string of the molecule is CN(C)c1ccnc(N2CCC(COc3ccccn3)CC2)n1. The molecule has 0 aliphatic carbocycles. The van der Waals surface area contributed by atoms with Crippen LogP contribution in [0.4, 0.5) is 11.8 Å². The number of nitrogens with zero attached hydrogens (tertiary/aromatic N) is 5. The molecule has 1 aliphatic heterocycles. The molecule has 0 bridgehead atoms. The number of pyridine rings is 1. The Morgan fingerprint density at radius 2 is 1.96 bits per heavy atom. The number of anilines is 2. The average Bonchev–Trinajstić information content (AvgIpc) is 2.61. The van der Waals surface area contributed by atoms with Crippen molar-refractivity contribution >= 4 is 11.8 Å². The first-order chi connectivity index (χ1) is 11.2. The molecular formula is C17H23N5O. The van der Waals surface area contributed by atoms with Crippen molar-refractivity contribution in [2.75, 3.05) is 43.6 Å². The Morgan fingerprint density at radius 3 is 2.65 bits per heavy atom. The van der Waals surface area contributed by atoms with Gasteiger partial charge in [-0.3, -0.25) is 0 Å². The van der Waals surface area contributed by atoms with Gasteiger partial charge in [0.05, 0.1) is 6.61 Å². The zero-order valence-corrected chi connectivity index (χ0v) is 13.7. The van der Waals surface area contributed by atoms with Gasteiger partial charge in [0.2, 0.25) is 11.8 Å². The monoisotopic (exact) mass is 313 g/mol. The first kappa shape index (κ1) is 15.5. The Hall–Kier alpha value is -2.37. The fourth-order valence-corrected chi connectivity index (χ4v) is 2.68. The Kier molecular flexibility index (Phi) is 4.90. The van der Waals surface area contributed by atoms with E-state index in [-0.39, 0.29) is 0 Å². The van der Waals surface area contributed by atoms with Gasteiger partial charge < -0.3 is 14.5 Å². The lowest BCUT2D eigenvalue weighted by molar-refractivity contribution is 0.215. The van der Waals surface area contributed by atoms with Crippen LogP contribution in [0.15, 0.2) is 36.7 Å². The standard InChI is InChI=1S/C17H23N5O/c1-21(2)15-6-10-19-17(20-15)22-11-7-14(8-12-22)13-23-16-5-3-4-9-18-16/h3-6,9-10,14H,7-8,11-13H2,1-2H3. The topological polar surface area (TPSA) is 54.4 Å². The number of hydrogen-bond acceptors (Lipinski definition) is 6. The van der Waals surface area contributed by atoms with Crippen LogP contribution in [-0.4, -0.2) is 48.7 Å². The van der Waals surface area contributed by atoms with Gasteiger partial charge in [0.25, 0.3) is 0 Å². The Bertz CT molecular complexity index is 611. The van der Waals surface area contributed by atoms with Crippen LogP contribution in [0.1, 0.15) is 12.8 Å². The Labute approximate surface area is 137 Å². The number of hydrogen-bond donors (Lipinski definition) is 0. The maximum atomic E-state index is 5.77. The summed E-state index contributed by atoms with van der Waals surface area (Å²) < 4.78 is 5.77. The van der Waals surface area contributed by atoms with E-state index in [0.717, 1.165) is 44.3 Å². The molecule has 1 fully saturated rings. The second-order valence-electron chi connectivity index (χ2n) is 6.02. The summed E-state index contributed by atoms with van der Waals surface area (Å²) in [7, 11) is 3.99. The number of aromatic nitrogens is 3. The van der Waals surface area contributed by atoms with Gasteiger partial charge in [-0.25, -0.2) is 9.97 Å². The van der Waals surface area contributed by atoms with E-state index in [9.17, 15) is 0 Å². The van der Waals surface area contributed by atoms with Gasteiger partial charge in [0.15, 0.2) is 0 Å². The lowest BCUT2D eigenvalue weighted by atomic mass is 9.98. The summed E-state index contributed by atoms with van der Waals surface area (Å²) in [5, 5.41) is 0. The molecule has 0 atom stereocenters. The maximum absolute atomic E-state index is 5.77. The largest absolute Gasteiger partial charge is 0.477 e. The highest BCUT2D eigenvalue weighted by Gasteiger charge is 2.22. The van der Waals surface area contributed by atoms with Crippen molar-refractivity contribution in [3.63, 3.8) is 0 Å². The smallest absolute Gasteiger partial charge is 0.227 e. The van der Waals surface area contributed by atoms with Crippen molar-refractivity contribution in [3.8, 4) is 5.88 Å². The second kappa shape index (κ2) is 7.26. The third-order valence-corrected chi connectivity index (χ3v) is 4.09. The molecule has 3 heterocycles. The van der Waals surface area contributed by atoms with Crippen LogP contribution in [0.5, 0.6) is 5.88 Å². The lowest BCUT2D eigenvalue weighted by Crippen LogP contribution is -2.36. The molecule has 3 rings (SSSR count). The molecule has 0 spiro atoms. The van der Waals surface area contributed by atoms with Crippen molar-refractivity contribution in [1.29, 1.82) is 0 Å². The van der Waals surface area contributed by atoms with Gasteiger partial charge in [-0.2, -0.15) is 4.98 Å². The highest BCUT2D eigenvalue weighted by molar-refractivity contribution is 5.42. The number of piperidine rings is 1. The van der Waals surface area contributed by atoms with Crippen molar-refractivity contribution in [3.05, 3.63) is 36.7 Å². The van der Waals surface area contributed by atoms with Crippen molar-refractivity contribution < 1.29 is 4.74 Å². The fourth-order valence-electron chi connectivity index (χ4n) is 2.68. The van der Waals surface area contributed by atoms with Gasteiger partial charge in [-0.1, -0.05) is 6.07 Å². The summed E-state index contributed by atoms with van der Waals surface area (Å²) >= 11 is 0. The van der Waals surface area contributed by atoms with E-state index in [2.05, 4.69) is 19.9 Å². The molecule has 1 saturated heterocycles. The first-order valence-corrected chi connectivity index (χ1v) is 8.01. The fraction of sp³-hybridized carbons (Fsp3) is 0.471. The number of ether oxygens (including phenoxy) is 1. The molecule has 0 aromatic carbocycles. The minimum Gasteiger partial charge on any atom is -0.477 e. The van der Waals surface area contributed by atoms with Gasteiger partial charge >= 0.3 is 0 Å². The molecule has 6 nitrogen and oxygen atoms in total. The average molecular weight is 313 g/mol. The molecule has 0 unspecified atom stereocenters. The molecular weight excluding hydrogens is 290 g/mol. The minimum absolute atomic E-state index is 0.560. The quantitative estimate of drug-likeness (QED) is 0.844. The van der Waals surface area contributed by atoms with Gasteiger partial charge in [-0.15, -0.1) is 0 Å². The zero-order chi connectivity index (χ0) is 16.1. The van der Waals surface area contributed by atoms with E-state index in [1.54, 1.807) is 6.20 Å². The van der Waals surface area contributed by atoms with Crippen molar-refractivity contribution in [1.82, 2.24) is 15.0 Å². The van der Waals surface area contributed by atoms with Crippen LogP contribution in [0.25, 0.3) is 0 Å². The van der Waals surface area contributed by atoms with E-state index in [4.69, 9.17) is 4.74 Å². The molecule has 6 heteroatoms. The van der Waals surface area contributed by atoms with E-state index >= 15 is 0 Å². The van der Waals surface area contributed by atoms with Crippen LogP contribution in [-0.2, 0) is 0 Å². The van der Waals surface area contributed by atoms with Gasteiger partial charge in [-0.05, 0) is 30.9 Å². The molecule has 2 aromatic heterocycles. The van der Waals surface area contributed by atoms with E-state index in [1.165, 1.54) is 0 Å². The van der Waals surface area contributed by atoms with E-state index in [1.807, 2.05) is 49.5 Å². The van der Waals surface area contributed by atoms with E-state index < -0.39 is 0 Å². The molecule has 1 aliphatic rings. The van der Waals surface area contributed by atoms with Gasteiger partial charge in [0.1, 0.15) is 5.82 Å². The summed E-state index contributed by atoms with van der Waals surface area (Å²) in [4.78, 5) is 17.5. The van der Waals surface area contributed by atoms with Crippen molar-refractivity contribution in [2.45, 2.75) is 12.8 Å². The second-order valence-corrected chi connectivity index (χ2v) is 6.02. The van der Waals surface area contributed by atoms with Crippen LogP contribution >= 0.6 is 0 Å². The molecule has 0 amide bonds. The lowest BCUT2D eigenvalue weighted by Gasteiger charge is -2.32. The predicted octanol–water partition coefficient (Wildman–Crippen LogP) is 2.23. The third-order valence-electron chi connectivity index (χ3n) is 4.09. The normalized spacial score (nSPS) is 15.5. The third kappa shape index (κ3) is 4.09. The van der Waals surface area contributed by atoms with Crippen LogP contribution in [0.3, 0.4) is 0 Å². The van der Waals surface area contributed by atoms with Crippen LogP contribution in [0.2, 0.25) is 0 Å². The maximum Gasteiger partial charge on any atom is 0.227 e. The summed E-state index contributed by atoms with van der Waals surface area (Å²) in [6, 6.07) is 7.67. The Balaban J connectivity index is 1.51. The van der Waals surface area contributed by atoms with Crippen LogP contribution in [0, 0.1) is 5.92 Å². The summed E-state index contributed by atoms with van der Waals surface area (Å²) in [5.74, 6) is 3.03. The molecule has 0 N–H and O–H groups in total. The molecule has 23 heavy (non-hydrogen) atoms. The Morgan fingerprint density at radius 1 is 1.13 bits per heavy atom. The summed E-state index contributed by atoms with van der Waals surface area (Å²) in [6.45, 7) is 2.66. The highest BCUT2D eigenvalue weighted by Crippen LogP contribution is 2.22. The van der Waals surface area contributed by atoms with Crippen molar-refractivity contribution in [2.24, 2.45) is 5.92 Å².